The van der Waals surface area contributed by atoms with E-state index in [1.165, 1.54) is 0 Å². The Balaban J connectivity index is 1.89. The highest BCUT2D eigenvalue weighted by Crippen LogP contribution is 2.20. The Hall–Kier alpha value is -0.940. The summed E-state index contributed by atoms with van der Waals surface area (Å²) in [5.74, 6) is 0.705. The fourth-order valence-electron chi connectivity index (χ4n) is 1.86. The largest absolute Gasteiger partial charge is 0.347 e. The summed E-state index contributed by atoms with van der Waals surface area (Å²) < 4.78 is 0. The summed E-state index contributed by atoms with van der Waals surface area (Å²) in [5.41, 5.74) is 1.02. The van der Waals surface area contributed by atoms with Crippen LogP contribution in [0.2, 0.25) is 0 Å². The number of carbonyl (C=O) groups excluding carboxylic acids is 1. The number of carbonyl (C=O) groups is 1. The Morgan fingerprint density at radius 3 is 2.76 bits per heavy atom. The highest BCUT2D eigenvalue weighted by Gasteiger charge is 2.29. The van der Waals surface area contributed by atoms with Crippen molar-refractivity contribution in [2.75, 3.05) is 13.1 Å². The first kappa shape index (κ1) is 12.5. The lowest BCUT2D eigenvalue weighted by molar-refractivity contribution is -0.127. The molecule has 0 aromatic carbocycles. The molecule has 0 radical (unpaired) electrons. The van der Waals surface area contributed by atoms with Crippen LogP contribution < -0.4 is 10.6 Å². The van der Waals surface area contributed by atoms with Crippen LogP contribution in [0.4, 0.5) is 0 Å². The molecule has 1 aromatic heterocycles. The molecule has 1 aliphatic heterocycles. The van der Waals surface area contributed by atoms with Crippen LogP contribution in [-0.4, -0.2) is 24.0 Å². The zero-order valence-electron chi connectivity index (χ0n) is 10.5. The Bertz CT molecular complexity index is 400. The zero-order valence-corrected chi connectivity index (χ0v) is 11.3. The van der Waals surface area contributed by atoms with Gasteiger partial charge >= 0.3 is 0 Å². The van der Waals surface area contributed by atoms with E-state index in [2.05, 4.69) is 15.6 Å². The minimum Gasteiger partial charge on any atom is -0.347 e. The van der Waals surface area contributed by atoms with Crippen LogP contribution in [0.1, 0.15) is 30.6 Å². The number of aryl methyl sites for hydroxylation is 1. The quantitative estimate of drug-likeness (QED) is 0.854. The molecule has 1 fully saturated rings. The van der Waals surface area contributed by atoms with Crippen LogP contribution in [-0.2, 0) is 4.79 Å². The highest BCUT2D eigenvalue weighted by atomic mass is 32.1. The Labute approximate surface area is 106 Å². The Kier molecular flexibility index (Phi) is 3.79. The summed E-state index contributed by atoms with van der Waals surface area (Å²) in [6.45, 7) is 7.87. The van der Waals surface area contributed by atoms with E-state index in [4.69, 9.17) is 0 Å². The van der Waals surface area contributed by atoms with Gasteiger partial charge in [0, 0.05) is 17.0 Å². The standard InChI is InChI=1S/C12H19N3OS/c1-7-6-17-12(14-7)9(3)15-11(16)8(2)10-4-13-5-10/h6,8-10,13H,4-5H2,1-3H3,(H,15,16). The van der Waals surface area contributed by atoms with Gasteiger partial charge in [-0.05, 0) is 32.9 Å². The fraction of sp³-hybridized carbons (Fsp3) is 0.667. The third kappa shape index (κ3) is 2.84. The molecule has 0 bridgehead atoms. The second kappa shape index (κ2) is 5.14. The molecule has 2 atom stereocenters. The number of amides is 1. The number of nitrogens with zero attached hydrogens (tertiary/aromatic N) is 1. The number of hydrogen-bond acceptors (Lipinski definition) is 4. The summed E-state index contributed by atoms with van der Waals surface area (Å²) in [6.07, 6.45) is 0. The van der Waals surface area contributed by atoms with Gasteiger partial charge in [-0.15, -0.1) is 11.3 Å². The van der Waals surface area contributed by atoms with E-state index in [0.29, 0.717) is 5.92 Å². The summed E-state index contributed by atoms with van der Waals surface area (Å²) >= 11 is 1.60. The topological polar surface area (TPSA) is 54.0 Å². The van der Waals surface area contributed by atoms with Gasteiger partial charge in [-0.1, -0.05) is 6.92 Å². The molecular weight excluding hydrogens is 234 g/mol. The normalized spacial score (nSPS) is 19.5. The van der Waals surface area contributed by atoms with E-state index in [0.717, 1.165) is 23.8 Å². The van der Waals surface area contributed by atoms with E-state index >= 15 is 0 Å². The monoisotopic (exact) mass is 253 g/mol. The molecule has 2 unspecified atom stereocenters. The molecule has 4 nitrogen and oxygen atoms in total. The smallest absolute Gasteiger partial charge is 0.223 e. The minimum atomic E-state index is 0.0108. The van der Waals surface area contributed by atoms with Gasteiger partial charge in [-0.2, -0.15) is 0 Å². The van der Waals surface area contributed by atoms with E-state index < -0.39 is 0 Å². The van der Waals surface area contributed by atoms with Crippen molar-refractivity contribution in [2.45, 2.75) is 26.8 Å². The zero-order chi connectivity index (χ0) is 12.4. The second-order valence-corrected chi connectivity index (χ2v) is 5.65. The van der Waals surface area contributed by atoms with Crippen LogP contribution in [0.25, 0.3) is 0 Å². The van der Waals surface area contributed by atoms with E-state index in [9.17, 15) is 4.79 Å². The van der Waals surface area contributed by atoms with Crippen molar-refractivity contribution in [1.82, 2.24) is 15.6 Å². The van der Waals surface area contributed by atoms with Crippen LogP contribution >= 0.6 is 11.3 Å². The number of rotatable bonds is 4. The molecule has 0 saturated carbocycles. The molecule has 2 rings (SSSR count). The lowest BCUT2D eigenvalue weighted by Crippen LogP contribution is -2.49. The molecule has 0 aliphatic carbocycles. The van der Waals surface area contributed by atoms with Gasteiger partial charge in [0.1, 0.15) is 5.01 Å². The molecule has 2 heterocycles. The van der Waals surface area contributed by atoms with Gasteiger partial charge < -0.3 is 10.6 Å². The van der Waals surface area contributed by atoms with Gasteiger partial charge in [-0.3, -0.25) is 4.79 Å². The van der Waals surface area contributed by atoms with Gasteiger partial charge in [0.05, 0.1) is 6.04 Å². The molecule has 5 heteroatoms. The third-order valence-electron chi connectivity index (χ3n) is 3.30. The Morgan fingerprint density at radius 2 is 2.29 bits per heavy atom. The first-order valence-corrected chi connectivity index (χ1v) is 6.89. The lowest BCUT2D eigenvalue weighted by atomic mass is 9.88. The van der Waals surface area contributed by atoms with E-state index in [-0.39, 0.29) is 17.9 Å². The average Bonchev–Trinajstić information content (AvgIpc) is 2.62. The second-order valence-electron chi connectivity index (χ2n) is 4.76. The van der Waals surface area contributed by atoms with Gasteiger partial charge in [0.15, 0.2) is 0 Å². The van der Waals surface area contributed by atoms with Gasteiger partial charge in [0.2, 0.25) is 5.91 Å². The number of aromatic nitrogens is 1. The maximum absolute atomic E-state index is 12.0. The van der Waals surface area contributed by atoms with Crippen molar-refractivity contribution in [3.8, 4) is 0 Å². The molecule has 0 spiro atoms. The number of nitrogens with one attached hydrogen (secondary N) is 2. The summed E-state index contributed by atoms with van der Waals surface area (Å²) in [7, 11) is 0. The van der Waals surface area contributed by atoms with Crippen molar-refractivity contribution < 1.29 is 4.79 Å². The van der Waals surface area contributed by atoms with Crippen molar-refractivity contribution in [3.63, 3.8) is 0 Å². The summed E-state index contributed by atoms with van der Waals surface area (Å²) in [4.78, 5) is 16.4. The highest BCUT2D eigenvalue weighted by molar-refractivity contribution is 7.09. The fourth-order valence-corrected chi connectivity index (χ4v) is 2.66. The van der Waals surface area contributed by atoms with Crippen molar-refractivity contribution in [2.24, 2.45) is 11.8 Å². The van der Waals surface area contributed by atoms with E-state index in [1.54, 1.807) is 11.3 Å². The van der Waals surface area contributed by atoms with Crippen molar-refractivity contribution >= 4 is 17.2 Å². The maximum atomic E-state index is 12.0. The molecule has 1 saturated heterocycles. The summed E-state index contributed by atoms with van der Waals surface area (Å²) in [6, 6.07) is 0.0108. The van der Waals surface area contributed by atoms with Crippen LogP contribution in [0.15, 0.2) is 5.38 Å². The molecule has 17 heavy (non-hydrogen) atoms. The van der Waals surface area contributed by atoms with Crippen molar-refractivity contribution in [3.05, 3.63) is 16.1 Å². The predicted molar refractivity (Wildman–Crippen MR) is 68.9 cm³/mol. The predicted octanol–water partition coefficient (Wildman–Crippen LogP) is 1.48. The number of thiazole rings is 1. The first-order chi connectivity index (χ1) is 8.08. The van der Waals surface area contributed by atoms with Crippen molar-refractivity contribution in [1.29, 1.82) is 0 Å². The Morgan fingerprint density at radius 1 is 1.59 bits per heavy atom. The van der Waals surface area contributed by atoms with Gasteiger partial charge in [-0.25, -0.2) is 4.98 Å². The van der Waals surface area contributed by atoms with Crippen LogP contribution in [0, 0.1) is 18.8 Å². The molecule has 1 aliphatic rings. The molecule has 1 amide bonds. The number of hydrogen-bond donors (Lipinski definition) is 2. The first-order valence-electron chi connectivity index (χ1n) is 6.01. The molecule has 94 valence electrons. The van der Waals surface area contributed by atoms with E-state index in [1.807, 2.05) is 26.2 Å². The minimum absolute atomic E-state index is 0.0108. The lowest BCUT2D eigenvalue weighted by Gasteiger charge is -2.32. The summed E-state index contributed by atoms with van der Waals surface area (Å²) in [5, 5.41) is 9.23. The molecule has 1 aromatic rings. The molecule has 2 N–H and O–H groups in total. The molecular formula is C12H19N3OS. The average molecular weight is 253 g/mol. The van der Waals surface area contributed by atoms with Crippen LogP contribution in [0.3, 0.4) is 0 Å². The van der Waals surface area contributed by atoms with Gasteiger partial charge in [0.25, 0.3) is 0 Å². The maximum Gasteiger partial charge on any atom is 0.223 e. The van der Waals surface area contributed by atoms with Crippen LogP contribution in [0.5, 0.6) is 0 Å². The SMILES string of the molecule is Cc1csc(C(C)NC(=O)C(C)C2CNC2)n1. The third-order valence-corrected chi connectivity index (χ3v) is 4.44.